The molecule has 0 fully saturated rings. The van der Waals surface area contributed by atoms with Gasteiger partial charge in [-0.1, -0.05) is 60.7 Å². The first-order chi connectivity index (χ1) is 13.0. The van der Waals surface area contributed by atoms with Gasteiger partial charge in [-0.2, -0.15) is 0 Å². The maximum Gasteiger partial charge on any atom is 0.321 e. The number of allylic oxidation sites excluding steroid dienone is 1. The lowest BCUT2D eigenvalue weighted by atomic mass is 9.96. The van der Waals surface area contributed by atoms with Crippen LogP contribution in [0.1, 0.15) is 12.0 Å². The van der Waals surface area contributed by atoms with Crippen molar-refractivity contribution in [3.63, 3.8) is 0 Å². The molecule has 27 heavy (non-hydrogen) atoms. The van der Waals surface area contributed by atoms with Gasteiger partial charge in [-0.3, -0.25) is 10.1 Å². The molecule has 0 N–H and O–H groups in total. The Hall–Kier alpha value is -2.51. The fraction of sp³-hybridized carbons (Fsp3) is 0.300. The first-order valence-corrected chi connectivity index (χ1v) is 10.3. The Morgan fingerprint density at radius 2 is 1.70 bits per heavy atom. The minimum absolute atomic E-state index is 0.0315. The van der Waals surface area contributed by atoms with Gasteiger partial charge in [0.15, 0.2) is 0 Å². The second-order valence-corrected chi connectivity index (χ2v) is 8.58. The molecule has 0 aliphatic heterocycles. The van der Waals surface area contributed by atoms with Gasteiger partial charge in [0.2, 0.25) is 9.84 Å². The zero-order valence-electron chi connectivity index (χ0n) is 14.7. The summed E-state index contributed by atoms with van der Waals surface area (Å²) in [6, 6.07) is 17.2. The second-order valence-electron chi connectivity index (χ2n) is 6.54. The monoisotopic (exact) mass is 387 g/mol. The van der Waals surface area contributed by atoms with Crippen molar-refractivity contribution in [3.05, 3.63) is 88.5 Å². The molecule has 142 valence electrons. The Morgan fingerprint density at radius 1 is 1.07 bits per heavy atom. The van der Waals surface area contributed by atoms with Crippen molar-refractivity contribution in [1.82, 2.24) is 0 Å². The first kappa shape index (κ1) is 19.3. The number of nitro groups is 1. The first-order valence-electron chi connectivity index (χ1n) is 8.71. The number of hydrogen-bond donors (Lipinski definition) is 0. The summed E-state index contributed by atoms with van der Waals surface area (Å²) in [5.41, 5.74) is 1.00. The minimum atomic E-state index is -4.10. The van der Waals surface area contributed by atoms with Gasteiger partial charge in [0.05, 0.1) is 24.0 Å². The van der Waals surface area contributed by atoms with Crippen LogP contribution in [0.3, 0.4) is 0 Å². The van der Waals surface area contributed by atoms with Gasteiger partial charge < -0.3 is 4.74 Å². The Labute approximate surface area is 158 Å². The van der Waals surface area contributed by atoms with Gasteiger partial charge >= 0.3 is 5.37 Å². The quantitative estimate of drug-likeness (QED) is 0.393. The molecule has 0 spiro atoms. The van der Waals surface area contributed by atoms with Crippen LogP contribution in [0.2, 0.25) is 0 Å². The summed E-state index contributed by atoms with van der Waals surface area (Å²) < 4.78 is 31.5. The highest BCUT2D eigenvalue weighted by molar-refractivity contribution is 7.91. The van der Waals surface area contributed by atoms with Gasteiger partial charge in [0.1, 0.15) is 0 Å². The fourth-order valence-corrected chi connectivity index (χ4v) is 5.11. The van der Waals surface area contributed by atoms with E-state index in [1.165, 1.54) is 12.1 Å². The molecule has 2 aromatic rings. The number of rotatable bonds is 8. The Morgan fingerprint density at radius 3 is 2.33 bits per heavy atom. The molecule has 1 aliphatic rings. The number of ether oxygens (including phenoxy) is 1. The molecular formula is C20H21NO5S. The zero-order chi connectivity index (χ0) is 19.3. The third-order valence-corrected chi connectivity index (χ3v) is 6.76. The predicted molar refractivity (Wildman–Crippen MR) is 101 cm³/mol. The topological polar surface area (TPSA) is 86.5 Å². The van der Waals surface area contributed by atoms with Crippen molar-refractivity contribution >= 4 is 9.84 Å². The summed E-state index contributed by atoms with van der Waals surface area (Å²) in [6.07, 6.45) is 4.01. The van der Waals surface area contributed by atoms with Crippen molar-refractivity contribution in [2.45, 2.75) is 23.3 Å². The Bertz CT molecular complexity index is 896. The van der Waals surface area contributed by atoms with Crippen LogP contribution in [0.15, 0.2) is 77.7 Å². The van der Waals surface area contributed by atoms with Crippen LogP contribution in [-0.4, -0.2) is 25.3 Å². The minimum Gasteiger partial charge on any atom is -0.376 e. The van der Waals surface area contributed by atoms with Crippen LogP contribution in [0.5, 0.6) is 0 Å². The van der Waals surface area contributed by atoms with E-state index in [0.717, 1.165) is 5.56 Å². The molecule has 1 unspecified atom stereocenters. The summed E-state index contributed by atoms with van der Waals surface area (Å²) >= 11 is 0. The van der Waals surface area contributed by atoms with Crippen LogP contribution >= 0.6 is 0 Å². The summed E-state index contributed by atoms with van der Waals surface area (Å²) in [5.74, 6) is -0.969. The highest BCUT2D eigenvalue weighted by atomic mass is 32.2. The molecule has 0 radical (unpaired) electrons. The fourth-order valence-electron chi connectivity index (χ4n) is 3.34. The van der Waals surface area contributed by atoms with Crippen molar-refractivity contribution in [2.75, 3.05) is 6.61 Å². The molecule has 2 aromatic carbocycles. The number of nitrogens with zero attached hydrogens (tertiary/aromatic N) is 1. The predicted octanol–water partition coefficient (Wildman–Crippen LogP) is 3.47. The molecule has 0 bridgehead atoms. The molecule has 6 nitrogen and oxygen atoms in total. The molecule has 3 rings (SSSR count). The smallest absolute Gasteiger partial charge is 0.321 e. The van der Waals surface area contributed by atoms with Crippen LogP contribution in [0, 0.1) is 22.0 Å². The van der Waals surface area contributed by atoms with E-state index >= 15 is 0 Å². The highest BCUT2D eigenvalue weighted by Crippen LogP contribution is 2.34. The number of sulfone groups is 1. The van der Waals surface area contributed by atoms with E-state index in [4.69, 9.17) is 4.74 Å². The van der Waals surface area contributed by atoms with E-state index in [1.807, 2.05) is 30.3 Å². The molecule has 0 heterocycles. The van der Waals surface area contributed by atoms with Crippen molar-refractivity contribution in [1.29, 1.82) is 0 Å². The number of hydrogen-bond acceptors (Lipinski definition) is 5. The number of benzene rings is 2. The highest BCUT2D eigenvalue weighted by Gasteiger charge is 2.47. The maximum absolute atomic E-state index is 12.9. The Kier molecular flexibility index (Phi) is 6.03. The van der Waals surface area contributed by atoms with Crippen molar-refractivity contribution in [2.24, 2.45) is 11.8 Å². The lowest BCUT2D eigenvalue weighted by Gasteiger charge is -2.22. The van der Waals surface area contributed by atoms with E-state index in [9.17, 15) is 18.5 Å². The average molecular weight is 387 g/mol. The molecule has 0 amide bonds. The van der Waals surface area contributed by atoms with Crippen molar-refractivity contribution in [3.8, 4) is 0 Å². The summed E-state index contributed by atoms with van der Waals surface area (Å²) in [7, 11) is -4.10. The summed E-state index contributed by atoms with van der Waals surface area (Å²) in [6.45, 7) is 0.653. The van der Waals surface area contributed by atoms with E-state index in [-0.39, 0.29) is 17.4 Å². The molecule has 0 saturated carbocycles. The molecular weight excluding hydrogens is 366 g/mol. The maximum atomic E-state index is 12.9. The van der Waals surface area contributed by atoms with E-state index in [1.54, 1.807) is 30.4 Å². The lowest BCUT2D eigenvalue weighted by molar-refractivity contribution is -0.505. The summed E-state index contributed by atoms with van der Waals surface area (Å²) in [4.78, 5) is 11.0. The normalized spacial score (nSPS) is 20.4. The third-order valence-electron chi connectivity index (χ3n) is 4.71. The van der Waals surface area contributed by atoms with E-state index < -0.39 is 26.1 Å². The van der Waals surface area contributed by atoms with E-state index in [0.29, 0.717) is 13.0 Å². The molecule has 0 saturated heterocycles. The van der Waals surface area contributed by atoms with Gasteiger partial charge in [0, 0.05) is 4.92 Å². The zero-order valence-corrected chi connectivity index (χ0v) is 15.5. The van der Waals surface area contributed by atoms with Gasteiger partial charge in [-0.15, -0.1) is 0 Å². The van der Waals surface area contributed by atoms with Gasteiger partial charge in [-0.05, 0) is 30.0 Å². The summed E-state index contributed by atoms with van der Waals surface area (Å²) in [5, 5.41) is 9.98. The molecule has 0 aromatic heterocycles. The standard InChI is InChI=1S/C20H21NO5S/c22-21(23)20(27(24,25)18-11-5-2-6-12-18)19-13-7-10-17(19)15-26-14-16-8-3-1-4-9-16/h1-9,11-13,17,19-20H,10,14-15H2/t17-,19+,20?/m0/s1. The second kappa shape index (κ2) is 8.45. The lowest BCUT2D eigenvalue weighted by Crippen LogP contribution is -2.39. The van der Waals surface area contributed by atoms with Gasteiger partial charge in [-0.25, -0.2) is 8.42 Å². The van der Waals surface area contributed by atoms with Crippen LogP contribution in [-0.2, 0) is 21.2 Å². The SMILES string of the molecule is O=[N+]([O-])C([C@@H]1C=CC[C@H]1COCc1ccccc1)S(=O)(=O)c1ccccc1. The van der Waals surface area contributed by atoms with Crippen LogP contribution in [0.4, 0.5) is 0 Å². The molecule has 1 aliphatic carbocycles. The van der Waals surface area contributed by atoms with Gasteiger partial charge in [0.25, 0.3) is 0 Å². The average Bonchev–Trinajstić information content (AvgIpc) is 3.11. The van der Waals surface area contributed by atoms with Crippen LogP contribution in [0.25, 0.3) is 0 Å². The van der Waals surface area contributed by atoms with Crippen molar-refractivity contribution < 1.29 is 18.1 Å². The largest absolute Gasteiger partial charge is 0.376 e. The van der Waals surface area contributed by atoms with Crippen LogP contribution < -0.4 is 0 Å². The Balaban J connectivity index is 1.74. The molecule has 3 atom stereocenters. The molecule has 7 heteroatoms. The van der Waals surface area contributed by atoms with E-state index in [2.05, 4.69) is 0 Å². The third kappa shape index (κ3) is 4.43.